The number of likely N-dealkylation sites (N-methyl/N-ethyl adjacent to an activating group) is 1. The van der Waals surface area contributed by atoms with Crippen molar-refractivity contribution in [2.75, 3.05) is 54.9 Å². The maximum Gasteiger partial charge on any atom is 0.290 e. The molecule has 1 saturated carbocycles. The van der Waals surface area contributed by atoms with Gasteiger partial charge in [-0.25, -0.2) is 0 Å². The van der Waals surface area contributed by atoms with Crippen LogP contribution < -0.4 is 4.74 Å². The van der Waals surface area contributed by atoms with Gasteiger partial charge in [0.2, 0.25) is 0 Å². The van der Waals surface area contributed by atoms with Crippen LogP contribution in [0.25, 0.3) is 10.9 Å². The Morgan fingerprint density at radius 2 is 1.55 bits per heavy atom. The summed E-state index contributed by atoms with van der Waals surface area (Å²) in [4.78, 5) is 15.5. The zero-order valence-corrected chi connectivity index (χ0v) is 29.7. The van der Waals surface area contributed by atoms with E-state index < -0.39 is 0 Å². The third-order valence-electron chi connectivity index (χ3n) is 7.93. The third kappa shape index (κ3) is 14.9. The summed E-state index contributed by atoms with van der Waals surface area (Å²) in [6.45, 7) is 20.2. The number of carbonyl (C=O) groups is 1. The molecule has 7 heteroatoms. The van der Waals surface area contributed by atoms with E-state index in [0.717, 1.165) is 30.8 Å². The van der Waals surface area contributed by atoms with Gasteiger partial charge in [0.1, 0.15) is 5.75 Å². The minimum atomic E-state index is -0.250. The van der Waals surface area contributed by atoms with Gasteiger partial charge in [-0.15, -0.1) is 0 Å². The van der Waals surface area contributed by atoms with Crippen LogP contribution in [0, 0.1) is 0 Å². The second-order valence-electron chi connectivity index (χ2n) is 10.9. The summed E-state index contributed by atoms with van der Waals surface area (Å²) in [5.41, 5.74) is 2.82. The molecule has 2 aromatic rings. The number of aromatic nitrogens is 1. The second kappa shape index (κ2) is 25.4. The first-order valence-electron chi connectivity index (χ1n) is 16.5. The molecule has 246 valence electrons. The number of hydrogen-bond acceptors (Lipinski definition) is 5. The summed E-state index contributed by atoms with van der Waals surface area (Å²) in [5, 5.41) is 8.25. The van der Waals surface area contributed by atoms with Gasteiger partial charge in [0.25, 0.3) is 6.47 Å². The Hall–Kier alpha value is -2.09. The van der Waals surface area contributed by atoms with Gasteiger partial charge in [-0.05, 0) is 110 Å². The van der Waals surface area contributed by atoms with Crippen LogP contribution in [0.3, 0.4) is 0 Å². The van der Waals surface area contributed by atoms with Crippen molar-refractivity contribution in [2.24, 2.45) is 0 Å². The summed E-state index contributed by atoms with van der Waals surface area (Å²) in [7, 11) is 10.3. The lowest BCUT2D eigenvalue weighted by Crippen LogP contribution is -2.38. The van der Waals surface area contributed by atoms with E-state index in [1.807, 2.05) is 27.7 Å². The fourth-order valence-electron chi connectivity index (χ4n) is 5.39. The molecule has 1 aromatic heterocycles. The molecule has 1 unspecified atom stereocenters. The molecule has 0 spiro atoms. The zero-order chi connectivity index (χ0) is 32.7. The van der Waals surface area contributed by atoms with Crippen molar-refractivity contribution in [2.45, 2.75) is 118 Å². The highest BCUT2D eigenvalue weighted by atomic mass is 16.5. The molecule has 1 fully saturated rings. The Bertz CT molecular complexity index is 901. The van der Waals surface area contributed by atoms with Crippen molar-refractivity contribution in [3.63, 3.8) is 0 Å². The third-order valence-corrected chi connectivity index (χ3v) is 7.93. The monoisotopic (exact) mass is 593 g/mol. The first-order chi connectivity index (χ1) is 20.2. The molecular formula is C35H68N4O3. The molecule has 0 saturated heterocycles. The molecular weight excluding hydrogens is 524 g/mol. The lowest BCUT2D eigenvalue weighted by atomic mass is 9.90. The molecule has 0 aliphatic heterocycles. The van der Waals surface area contributed by atoms with Crippen LogP contribution in [0.1, 0.15) is 106 Å². The topological polar surface area (TPSA) is 61.2 Å². The number of hydrogen-bond donors (Lipinski definition) is 1. The van der Waals surface area contributed by atoms with Crippen LogP contribution in [0.4, 0.5) is 0 Å². The van der Waals surface area contributed by atoms with Crippen LogP contribution in [0.15, 0.2) is 24.4 Å². The molecule has 1 N–H and O–H groups in total. The Balaban J connectivity index is 0. The van der Waals surface area contributed by atoms with Crippen molar-refractivity contribution in [1.82, 2.24) is 19.3 Å². The zero-order valence-electron chi connectivity index (χ0n) is 29.7. The predicted molar refractivity (Wildman–Crippen MR) is 184 cm³/mol. The highest BCUT2D eigenvalue weighted by molar-refractivity contribution is 5.85. The van der Waals surface area contributed by atoms with Crippen molar-refractivity contribution in [1.29, 1.82) is 0 Å². The number of carboxylic acid groups (broad SMARTS) is 1. The lowest BCUT2D eigenvalue weighted by molar-refractivity contribution is -0.122. The molecule has 1 atom stereocenters. The SMILES string of the molecule is CC.CC.CCCC(C)N(C)C.CCN(CC)C1CCC(n2cc(CCN(C)C)c3cc(OC)ccc32)CC1.O=CO. The van der Waals surface area contributed by atoms with Crippen LogP contribution in [-0.4, -0.2) is 97.9 Å². The second-order valence-corrected chi connectivity index (χ2v) is 10.9. The van der Waals surface area contributed by atoms with Crippen LogP contribution >= 0.6 is 0 Å². The lowest BCUT2D eigenvalue weighted by Gasteiger charge is -2.36. The molecule has 42 heavy (non-hydrogen) atoms. The number of rotatable bonds is 11. The molecule has 3 rings (SSSR count). The summed E-state index contributed by atoms with van der Waals surface area (Å²) in [6.07, 6.45) is 11.3. The summed E-state index contributed by atoms with van der Waals surface area (Å²) in [6, 6.07) is 8.73. The number of benzene rings is 1. The van der Waals surface area contributed by atoms with Gasteiger partial charge in [0.15, 0.2) is 0 Å². The van der Waals surface area contributed by atoms with Gasteiger partial charge in [-0.3, -0.25) is 4.79 Å². The fourth-order valence-corrected chi connectivity index (χ4v) is 5.39. The maximum atomic E-state index is 8.36. The molecule has 1 aliphatic carbocycles. The molecule has 0 radical (unpaired) electrons. The number of fused-ring (bicyclic) bond motifs is 1. The Morgan fingerprint density at radius 3 is 1.95 bits per heavy atom. The number of nitrogens with zero attached hydrogens (tertiary/aromatic N) is 4. The molecule has 1 aliphatic rings. The molecule has 7 nitrogen and oxygen atoms in total. The van der Waals surface area contributed by atoms with E-state index in [0.29, 0.717) is 6.04 Å². The van der Waals surface area contributed by atoms with Gasteiger partial charge < -0.3 is 29.1 Å². The van der Waals surface area contributed by atoms with E-state index >= 15 is 0 Å². The standard InChI is InChI=1S/C23H37N3O.C7H17N.2C2H6.CH2O2/c1-6-25(7-2)19-8-10-20(11-9-19)26-17-18(14-15-24(3)4)22-16-21(27-5)12-13-23(22)26;1-5-6-7(2)8(3)4;2*1-2;2-1-3/h12-13,16-17,19-20H,6-11,14-15H2,1-5H3;7H,5-6H2,1-4H3;2*1-2H3;1H,(H,2,3). The van der Waals surface area contributed by atoms with Crippen molar-refractivity contribution >= 4 is 17.4 Å². The molecule has 1 aromatic carbocycles. The van der Waals surface area contributed by atoms with E-state index in [2.05, 4.69) is 99.5 Å². The maximum absolute atomic E-state index is 8.36. The Labute approximate surface area is 260 Å². The van der Waals surface area contributed by atoms with Gasteiger partial charge in [-0.1, -0.05) is 54.9 Å². The van der Waals surface area contributed by atoms with E-state index in [9.17, 15) is 0 Å². The smallest absolute Gasteiger partial charge is 0.290 e. The highest BCUT2D eigenvalue weighted by Gasteiger charge is 2.26. The van der Waals surface area contributed by atoms with Crippen molar-refractivity contribution in [3.8, 4) is 5.75 Å². The normalized spacial score (nSPS) is 16.7. The quantitative estimate of drug-likeness (QED) is 0.266. The average Bonchev–Trinajstić information content (AvgIpc) is 3.37. The number of methoxy groups -OCH3 is 1. The van der Waals surface area contributed by atoms with Gasteiger partial charge >= 0.3 is 0 Å². The summed E-state index contributed by atoms with van der Waals surface area (Å²) >= 11 is 0. The van der Waals surface area contributed by atoms with Crippen LogP contribution in [0.5, 0.6) is 5.75 Å². The van der Waals surface area contributed by atoms with Gasteiger partial charge in [0.05, 0.1) is 7.11 Å². The van der Waals surface area contributed by atoms with Crippen molar-refractivity contribution in [3.05, 3.63) is 30.0 Å². The number of ether oxygens (including phenoxy) is 1. The van der Waals surface area contributed by atoms with Gasteiger partial charge in [-0.2, -0.15) is 0 Å². The largest absolute Gasteiger partial charge is 0.497 e. The summed E-state index contributed by atoms with van der Waals surface area (Å²) < 4.78 is 8.07. The van der Waals surface area contributed by atoms with E-state index in [-0.39, 0.29) is 6.47 Å². The first-order valence-corrected chi connectivity index (χ1v) is 16.5. The summed E-state index contributed by atoms with van der Waals surface area (Å²) in [5.74, 6) is 0.955. The van der Waals surface area contributed by atoms with E-state index in [1.165, 1.54) is 68.1 Å². The minimum Gasteiger partial charge on any atom is -0.497 e. The minimum absolute atomic E-state index is 0.250. The van der Waals surface area contributed by atoms with E-state index in [1.54, 1.807) is 7.11 Å². The van der Waals surface area contributed by atoms with Crippen LogP contribution in [0.2, 0.25) is 0 Å². The van der Waals surface area contributed by atoms with Crippen LogP contribution in [-0.2, 0) is 11.2 Å². The van der Waals surface area contributed by atoms with E-state index in [4.69, 9.17) is 14.6 Å². The predicted octanol–water partition coefficient (Wildman–Crippen LogP) is 8.07. The molecule has 0 bridgehead atoms. The highest BCUT2D eigenvalue weighted by Crippen LogP contribution is 2.36. The Kier molecular flexibility index (Phi) is 25.4. The molecule has 1 heterocycles. The van der Waals surface area contributed by atoms with Crippen molar-refractivity contribution < 1.29 is 14.6 Å². The average molecular weight is 593 g/mol. The molecule has 0 amide bonds. The fraction of sp³-hybridized carbons (Fsp3) is 0.743. The van der Waals surface area contributed by atoms with Gasteiger partial charge in [0, 0.05) is 41.8 Å². The Morgan fingerprint density at radius 1 is 1.00 bits per heavy atom. The first kappa shape index (κ1) is 42.0.